The van der Waals surface area contributed by atoms with E-state index in [1.165, 1.54) is 0 Å². The molecule has 1 atom stereocenters. The number of hydrogen-bond acceptors (Lipinski definition) is 5. The molecular formula is C12H16O5S. The van der Waals surface area contributed by atoms with Gasteiger partial charge in [0, 0.05) is 12.7 Å². The largest absolute Gasteiger partial charge is 0.464 e. The van der Waals surface area contributed by atoms with E-state index in [0.29, 0.717) is 5.75 Å². The second-order valence-electron chi connectivity index (χ2n) is 4.85. The van der Waals surface area contributed by atoms with Crippen molar-refractivity contribution in [3.63, 3.8) is 0 Å². The molecule has 1 unspecified atom stereocenters. The highest BCUT2D eigenvalue weighted by atomic mass is 32.2. The number of hydrogen-bond donors (Lipinski definition) is 0. The molecule has 2 rings (SSSR count). The van der Waals surface area contributed by atoms with E-state index in [0.717, 1.165) is 11.8 Å². The molecule has 0 saturated heterocycles. The van der Waals surface area contributed by atoms with Gasteiger partial charge in [0.25, 0.3) is 0 Å². The zero-order chi connectivity index (χ0) is 13.6. The number of benzene rings is 1. The van der Waals surface area contributed by atoms with Crippen LogP contribution in [0.3, 0.4) is 0 Å². The SMILES string of the molecule is COC1Oc2ccc(OS(C)(=O)=O)cc2C1(C)C. The molecule has 1 aliphatic rings. The summed E-state index contributed by atoms with van der Waals surface area (Å²) in [6.45, 7) is 3.94. The van der Waals surface area contributed by atoms with Crippen molar-refractivity contribution < 1.29 is 22.1 Å². The maximum atomic E-state index is 11.1. The minimum atomic E-state index is -3.52. The van der Waals surface area contributed by atoms with Gasteiger partial charge < -0.3 is 13.7 Å². The van der Waals surface area contributed by atoms with Gasteiger partial charge in [-0.2, -0.15) is 8.42 Å². The standard InChI is InChI=1S/C12H16O5S/c1-12(2)9-7-8(17-18(4,13)14)5-6-10(9)16-11(12)15-3/h5-7,11H,1-4H3. The molecule has 0 fully saturated rings. The highest BCUT2D eigenvalue weighted by Crippen LogP contribution is 2.44. The van der Waals surface area contributed by atoms with Crippen LogP contribution in [0, 0.1) is 0 Å². The van der Waals surface area contributed by atoms with Gasteiger partial charge in [-0.05, 0) is 32.0 Å². The quantitative estimate of drug-likeness (QED) is 0.783. The zero-order valence-corrected chi connectivity index (χ0v) is 11.6. The smallest absolute Gasteiger partial charge is 0.306 e. The van der Waals surface area contributed by atoms with Crippen LogP contribution in [-0.2, 0) is 20.3 Å². The van der Waals surface area contributed by atoms with Crippen LogP contribution in [0.1, 0.15) is 19.4 Å². The maximum Gasteiger partial charge on any atom is 0.306 e. The van der Waals surface area contributed by atoms with E-state index in [-0.39, 0.29) is 17.5 Å². The highest BCUT2D eigenvalue weighted by molar-refractivity contribution is 7.86. The Bertz CT molecular complexity index is 562. The van der Waals surface area contributed by atoms with Crippen LogP contribution in [0.5, 0.6) is 11.5 Å². The molecule has 0 spiro atoms. The number of rotatable bonds is 3. The van der Waals surface area contributed by atoms with Crippen molar-refractivity contribution >= 4 is 10.1 Å². The van der Waals surface area contributed by atoms with Gasteiger partial charge in [-0.25, -0.2) is 0 Å². The first kappa shape index (κ1) is 13.2. The van der Waals surface area contributed by atoms with Gasteiger partial charge in [-0.3, -0.25) is 0 Å². The number of ether oxygens (including phenoxy) is 2. The van der Waals surface area contributed by atoms with Gasteiger partial charge in [-0.1, -0.05) is 0 Å². The molecule has 0 bridgehead atoms. The summed E-state index contributed by atoms with van der Waals surface area (Å²) in [6, 6.07) is 4.93. The van der Waals surface area contributed by atoms with Crippen LogP contribution in [0.4, 0.5) is 0 Å². The topological polar surface area (TPSA) is 61.8 Å². The van der Waals surface area contributed by atoms with Crippen molar-refractivity contribution in [1.29, 1.82) is 0 Å². The Morgan fingerprint density at radius 2 is 2.00 bits per heavy atom. The van der Waals surface area contributed by atoms with Crippen LogP contribution < -0.4 is 8.92 Å². The summed E-state index contributed by atoms with van der Waals surface area (Å²) in [6.07, 6.45) is 0.626. The van der Waals surface area contributed by atoms with Gasteiger partial charge >= 0.3 is 10.1 Å². The van der Waals surface area contributed by atoms with Crippen LogP contribution >= 0.6 is 0 Å². The Kier molecular flexibility index (Phi) is 3.03. The Labute approximate surface area is 107 Å². The van der Waals surface area contributed by atoms with Gasteiger partial charge in [-0.15, -0.1) is 0 Å². The number of fused-ring (bicyclic) bond motifs is 1. The Balaban J connectivity index is 2.40. The summed E-state index contributed by atoms with van der Waals surface area (Å²) in [7, 11) is -1.95. The molecule has 0 N–H and O–H groups in total. The lowest BCUT2D eigenvalue weighted by Gasteiger charge is -2.24. The molecule has 0 saturated carbocycles. The summed E-state index contributed by atoms with van der Waals surface area (Å²) < 4.78 is 38.0. The van der Waals surface area contributed by atoms with Crippen molar-refractivity contribution in [3.05, 3.63) is 23.8 Å². The van der Waals surface area contributed by atoms with Gasteiger partial charge in [0.15, 0.2) is 0 Å². The first-order chi connectivity index (χ1) is 8.24. The Morgan fingerprint density at radius 3 is 2.56 bits per heavy atom. The zero-order valence-electron chi connectivity index (χ0n) is 10.8. The summed E-state index contributed by atoms with van der Waals surface area (Å²) in [5.74, 6) is 0.970. The third-order valence-corrected chi connectivity index (χ3v) is 3.43. The van der Waals surface area contributed by atoms with Gasteiger partial charge in [0.2, 0.25) is 6.29 Å². The molecule has 6 heteroatoms. The van der Waals surface area contributed by atoms with Crippen molar-refractivity contribution in [1.82, 2.24) is 0 Å². The fraction of sp³-hybridized carbons (Fsp3) is 0.500. The number of methoxy groups -OCH3 is 1. The third kappa shape index (κ3) is 2.30. The van der Waals surface area contributed by atoms with E-state index in [1.54, 1.807) is 25.3 Å². The fourth-order valence-corrected chi connectivity index (χ4v) is 2.53. The molecule has 0 aromatic heterocycles. The molecule has 100 valence electrons. The molecule has 1 aromatic carbocycles. The third-order valence-electron chi connectivity index (χ3n) is 2.93. The van der Waals surface area contributed by atoms with E-state index in [4.69, 9.17) is 13.7 Å². The minimum absolute atomic E-state index is 0.282. The molecule has 18 heavy (non-hydrogen) atoms. The molecule has 0 amide bonds. The maximum absolute atomic E-state index is 11.1. The van der Waals surface area contributed by atoms with Gasteiger partial charge in [0.05, 0.1) is 11.7 Å². The molecule has 0 aliphatic carbocycles. The summed E-state index contributed by atoms with van der Waals surface area (Å²) >= 11 is 0. The van der Waals surface area contributed by atoms with E-state index >= 15 is 0 Å². The summed E-state index contributed by atoms with van der Waals surface area (Å²) in [5.41, 5.74) is 0.511. The van der Waals surface area contributed by atoms with E-state index in [1.807, 2.05) is 13.8 Å². The summed E-state index contributed by atoms with van der Waals surface area (Å²) in [5, 5.41) is 0. The highest BCUT2D eigenvalue weighted by Gasteiger charge is 2.42. The van der Waals surface area contributed by atoms with Crippen molar-refractivity contribution in [2.75, 3.05) is 13.4 Å². The molecule has 1 aromatic rings. The molecule has 0 radical (unpaired) electrons. The molecule has 1 heterocycles. The monoisotopic (exact) mass is 272 g/mol. The Morgan fingerprint density at radius 1 is 1.33 bits per heavy atom. The fourth-order valence-electron chi connectivity index (χ4n) is 2.07. The lowest BCUT2D eigenvalue weighted by atomic mass is 9.85. The van der Waals surface area contributed by atoms with Crippen LogP contribution in [-0.4, -0.2) is 28.1 Å². The van der Waals surface area contributed by atoms with Crippen molar-refractivity contribution in [2.24, 2.45) is 0 Å². The van der Waals surface area contributed by atoms with E-state index < -0.39 is 10.1 Å². The van der Waals surface area contributed by atoms with Crippen LogP contribution in [0.15, 0.2) is 18.2 Å². The van der Waals surface area contributed by atoms with Crippen molar-refractivity contribution in [3.8, 4) is 11.5 Å². The predicted molar refractivity (Wildman–Crippen MR) is 66.4 cm³/mol. The molecular weight excluding hydrogens is 256 g/mol. The summed E-state index contributed by atoms with van der Waals surface area (Å²) in [4.78, 5) is 0. The normalized spacial score (nSPS) is 21.2. The van der Waals surface area contributed by atoms with Crippen LogP contribution in [0.25, 0.3) is 0 Å². The van der Waals surface area contributed by atoms with Gasteiger partial charge in [0.1, 0.15) is 11.5 Å². The lowest BCUT2D eigenvalue weighted by Crippen LogP contribution is -2.33. The second kappa shape index (κ2) is 4.13. The van der Waals surface area contributed by atoms with E-state index in [2.05, 4.69) is 0 Å². The molecule has 5 nitrogen and oxygen atoms in total. The first-order valence-electron chi connectivity index (χ1n) is 5.47. The second-order valence-corrected chi connectivity index (χ2v) is 6.43. The Hall–Kier alpha value is -1.27. The average molecular weight is 272 g/mol. The molecule has 1 aliphatic heterocycles. The average Bonchev–Trinajstić information content (AvgIpc) is 2.48. The predicted octanol–water partition coefficient (Wildman–Crippen LogP) is 1.67. The van der Waals surface area contributed by atoms with E-state index in [9.17, 15) is 8.42 Å². The van der Waals surface area contributed by atoms with Crippen LogP contribution in [0.2, 0.25) is 0 Å². The minimum Gasteiger partial charge on any atom is -0.464 e. The van der Waals surface area contributed by atoms with Crippen molar-refractivity contribution in [2.45, 2.75) is 25.6 Å². The lowest BCUT2D eigenvalue weighted by molar-refractivity contribution is -0.0779. The first-order valence-corrected chi connectivity index (χ1v) is 7.29.